The number of hydrogen-bond acceptors (Lipinski definition) is 4. The highest BCUT2D eigenvalue weighted by atomic mass is 16.5. The minimum absolute atomic E-state index is 0.182. The van der Waals surface area contributed by atoms with Gasteiger partial charge in [0.15, 0.2) is 6.10 Å². The SMILES string of the molecule is COC(C(=O)Nc1ccnn1C1CCN(CCCc2ccccc2)CC1)c1ccccc1. The van der Waals surface area contributed by atoms with Crippen LogP contribution < -0.4 is 5.32 Å². The number of aromatic nitrogens is 2. The molecule has 2 aromatic carbocycles. The average Bonchev–Trinajstić information content (AvgIpc) is 3.29. The van der Waals surface area contributed by atoms with E-state index in [2.05, 4.69) is 45.6 Å². The summed E-state index contributed by atoms with van der Waals surface area (Å²) in [5.74, 6) is 0.550. The fourth-order valence-electron chi connectivity index (χ4n) is 4.46. The smallest absolute Gasteiger partial charge is 0.259 e. The summed E-state index contributed by atoms with van der Waals surface area (Å²) in [5.41, 5.74) is 2.24. The van der Waals surface area contributed by atoms with E-state index in [4.69, 9.17) is 4.74 Å². The lowest BCUT2D eigenvalue weighted by Crippen LogP contribution is -2.36. The van der Waals surface area contributed by atoms with E-state index in [1.165, 1.54) is 12.0 Å². The van der Waals surface area contributed by atoms with Crippen molar-refractivity contribution >= 4 is 11.7 Å². The van der Waals surface area contributed by atoms with Crippen LogP contribution in [-0.4, -0.2) is 47.3 Å². The third kappa shape index (κ3) is 5.64. The van der Waals surface area contributed by atoms with Gasteiger partial charge in [-0.05, 0) is 43.4 Å². The van der Waals surface area contributed by atoms with Crippen LogP contribution in [0.25, 0.3) is 0 Å². The van der Waals surface area contributed by atoms with Crippen molar-refractivity contribution in [2.24, 2.45) is 0 Å². The summed E-state index contributed by atoms with van der Waals surface area (Å²) in [4.78, 5) is 15.4. The molecule has 3 aromatic rings. The van der Waals surface area contributed by atoms with Crippen LogP contribution in [0.5, 0.6) is 0 Å². The summed E-state index contributed by atoms with van der Waals surface area (Å²) in [6.07, 6.45) is 5.47. The molecule has 1 aliphatic rings. The van der Waals surface area contributed by atoms with Crippen molar-refractivity contribution in [3.63, 3.8) is 0 Å². The second-order valence-corrected chi connectivity index (χ2v) is 8.34. The van der Waals surface area contributed by atoms with Gasteiger partial charge in [0.25, 0.3) is 5.91 Å². The van der Waals surface area contributed by atoms with Crippen LogP contribution in [0.15, 0.2) is 72.9 Å². The van der Waals surface area contributed by atoms with Crippen LogP contribution in [0.3, 0.4) is 0 Å². The van der Waals surface area contributed by atoms with Gasteiger partial charge in [-0.2, -0.15) is 5.10 Å². The van der Waals surface area contributed by atoms with Gasteiger partial charge in [0.2, 0.25) is 0 Å². The number of amides is 1. The number of anilines is 1. The van der Waals surface area contributed by atoms with Crippen molar-refractivity contribution in [3.05, 3.63) is 84.1 Å². The Bertz CT molecular complexity index is 966. The Labute approximate surface area is 190 Å². The third-order valence-corrected chi connectivity index (χ3v) is 6.18. The minimum atomic E-state index is -0.647. The number of piperidine rings is 1. The fraction of sp³-hybridized carbons (Fsp3) is 0.385. The van der Waals surface area contributed by atoms with Gasteiger partial charge in [0, 0.05) is 26.3 Å². The summed E-state index contributed by atoms with van der Waals surface area (Å²) in [6, 6.07) is 22.4. The van der Waals surface area contributed by atoms with Crippen molar-refractivity contribution < 1.29 is 9.53 Å². The fourth-order valence-corrected chi connectivity index (χ4v) is 4.46. The molecule has 4 rings (SSSR count). The number of aryl methyl sites for hydroxylation is 1. The lowest BCUT2D eigenvalue weighted by atomic mass is 10.0. The molecule has 1 saturated heterocycles. The van der Waals surface area contributed by atoms with Gasteiger partial charge in [-0.3, -0.25) is 4.79 Å². The van der Waals surface area contributed by atoms with E-state index in [9.17, 15) is 4.79 Å². The Morgan fingerprint density at radius 2 is 1.75 bits per heavy atom. The Kier molecular flexibility index (Phi) is 7.69. The highest BCUT2D eigenvalue weighted by molar-refractivity contribution is 5.94. The number of likely N-dealkylation sites (tertiary alicyclic amines) is 1. The molecule has 2 heterocycles. The van der Waals surface area contributed by atoms with E-state index < -0.39 is 6.10 Å². The van der Waals surface area contributed by atoms with Crippen molar-refractivity contribution in [3.8, 4) is 0 Å². The van der Waals surface area contributed by atoms with Gasteiger partial charge in [-0.15, -0.1) is 0 Å². The zero-order chi connectivity index (χ0) is 22.2. The van der Waals surface area contributed by atoms with Crippen LogP contribution in [-0.2, 0) is 16.0 Å². The molecule has 1 amide bonds. The Morgan fingerprint density at radius 1 is 1.06 bits per heavy atom. The number of benzene rings is 2. The highest BCUT2D eigenvalue weighted by Gasteiger charge is 2.25. The van der Waals surface area contributed by atoms with Gasteiger partial charge in [0.05, 0.1) is 12.2 Å². The molecule has 32 heavy (non-hydrogen) atoms. The van der Waals surface area contributed by atoms with Crippen molar-refractivity contribution in [1.29, 1.82) is 0 Å². The Morgan fingerprint density at radius 3 is 2.44 bits per heavy atom. The number of rotatable bonds is 9. The lowest BCUT2D eigenvalue weighted by Gasteiger charge is -2.32. The molecular formula is C26H32N4O2. The molecular weight excluding hydrogens is 400 g/mol. The van der Waals surface area contributed by atoms with Crippen molar-refractivity contribution in [2.45, 2.75) is 37.8 Å². The molecule has 6 nitrogen and oxygen atoms in total. The minimum Gasteiger partial charge on any atom is -0.367 e. The number of nitrogens with one attached hydrogen (secondary N) is 1. The summed E-state index contributed by atoms with van der Waals surface area (Å²) < 4.78 is 7.44. The summed E-state index contributed by atoms with van der Waals surface area (Å²) >= 11 is 0. The molecule has 0 saturated carbocycles. The van der Waals surface area contributed by atoms with Crippen LogP contribution >= 0.6 is 0 Å². The van der Waals surface area contributed by atoms with E-state index in [-0.39, 0.29) is 5.91 Å². The predicted octanol–water partition coefficient (Wildman–Crippen LogP) is 4.48. The molecule has 1 aliphatic heterocycles. The van der Waals surface area contributed by atoms with E-state index in [1.54, 1.807) is 13.3 Å². The molecule has 0 bridgehead atoms. The third-order valence-electron chi connectivity index (χ3n) is 6.18. The topological polar surface area (TPSA) is 59.4 Å². The lowest BCUT2D eigenvalue weighted by molar-refractivity contribution is -0.126. The number of hydrogen-bond donors (Lipinski definition) is 1. The maximum Gasteiger partial charge on any atom is 0.259 e. The van der Waals surface area contributed by atoms with Gasteiger partial charge in [-0.1, -0.05) is 60.7 Å². The molecule has 6 heteroatoms. The van der Waals surface area contributed by atoms with Crippen LogP contribution in [0.2, 0.25) is 0 Å². The Balaban J connectivity index is 1.29. The quantitative estimate of drug-likeness (QED) is 0.542. The number of methoxy groups -OCH3 is 1. The second-order valence-electron chi connectivity index (χ2n) is 8.34. The molecule has 0 radical (unpaired) electrons. The standard InChI is InChI=1S/C26H32N4O2/c1-32-25(22-12-6-3-7-13-22)26(31)28-24-14-17-27-30(24)23-15-19-29(20-16-23)18-8-11-21-9-4-2-5-10-21/h2-7,9-10,12-14,17,23,25H,8,11,15-16,18-20H2,1H3,(H,28,31). The number of ether oxygens (including phenoxy) is 1. The molecule has 0 aliphatic carbocycles. The second kappa shape index (κ2) is 11.1. The summed E-state index contributed by atoms with van der Waals surface area (Å²) in [7, 11) is 1.56. The maximum atomic E-state index is 12.9. The molecule has 1 atom stereocenters. The van der Waals surface area contributed by atoms with Gasteiger partial charge in [-0.25, -0.2) is 4.68 Å². The van der Waals surface area contributed by atoms with Crippen LogP contribution in [0.1, 0.15) is 42.5 Å². The van der Waals surface area contributed by atoms with E-state index in [1.807, 2.05) is 41.1 Å². The first kappa shape index (κ1) is 22.2. The molecule has 0 spiro atoms. The van der Waals surface area contributed by atoms with E-state index in [0.717, 1.165) is 50.3 Å². The summed E-state index contributed by atoms with van der Waals surface area (Å²) in [6.45, 7) is 3.23. The van der Waals surface area contributed by atoms with E-state index >= 15 is 0 Å². The zero-order valence-corrected chi connectivity index (χ0v) is 18.7. The van der Waals surface area contributed by atoms with Gasteiger partial charge >= 0.3 is 0 Å². The van der Waals surface area contributed by atoms with Gasteiger partial charge < -0.3 is 15.0 Å². The van der Waals surface area contributed by atoms with Crippen LogP contribution in [0, 0.1) is 0 Å². The molecule has 1 aromatic heterocycles. The molecule has 1 fully saturated rings. The Hall–Kier alpha value is -2.96. The highest BCUT2D eigenvalue weighted by Crippen LogP contribution is 2.27. The maximum absolute atomic E-state index is 12.9. The van der Waals surface area contributed by atoms with Gasteiger partial charge in [0.1, 0.15) is 5.82 Å². The largest absolute Gasteiger partial charge is 0.367 e. The first-order valence-electron chi connectivity index (χ1n) is 11.4. The zero-order valence-electron chi connectivity index (χ0n) is 18.7. The van der Waals surface area contributed by atoms with E-state index in [0.29, 0.717) is 6.04 Å². The van der Waals surface area contributed by atoms with Crippen molar-refractivity contribution in [2.75, 3.05) is 32.1 Å². The molecule has 1 N–H and O–H groups in total. The monoisotopic (exact) mass is 432 g/mol. The first-order valence-corrected chi connectivity index (χ1v) is 11.4. The first-order chi connectivity index (χ1) is 15.7. The average molecular weight is 433 g/mol. The normalized spacial score (nSPS) is 16.0. The molecule has 1 unspecified atom stereocenters. The predicted molar refractivity (Wildman–Crippen MR) is 127 cm³/mol. The number of carbonyl (C=O) groups excluding carboxylic acids is 1. The number of carbonyl (C=O) groups is 1. The van der Waals surface area contributed by atoms with Crippen molar-refractivity contribution in [1.82, 2.24) is 14.7 Å². The summed E-state index contributed by atoms with van der Waals surface area (Å²) in [5, 5.41) is 7.54. The number of nitrogens with zero attached hydrogens (tertiary/aromatic N) is 3. The van der Waals surface area contributed by atoms with Crippen LogP contribution in [0.4, 0.5) is 5.82 Å². The molecule has 168 valence electrons.